The third-order valence-corrected chi connectivity index (χ3v) is 8.54. The van der Waals surface area contributed by atoms with Gasteiger partial charge in [0, 0.05) is 17.0 Å². The van der Waals surface area contributed by atoms with E-state index in [9.17, 15) is 0 Å². The Morgan fingerprint density at radius 2 is 1.77 bits per heavy atom. The molecular formula is C29H39N. The Balaban J connectivity index is 2.19. The van der Waals surface area contributed by atoms with E-state index in [1.807, 2.05) is 0 Å². The van der Waals surface area contributed by atoms with Gasteiger partial charge in [-0.2, -0.15) is 0 Å². The lowest BCUT2D eigenvalue weighted by atomic mass is 9.68. The molecule has 160 valence electrons. The van der Waals surface area contributed by atoms with E-state index >= 15 is 0 Å². The first-order valence-corrected chi connectivity index (χ1v) is 11.8. The number of aryl methyl sites for hydroxylation is 1. The molecule has 0 fully saturated rings. The quantitative estimate of drug-likeness (QED) is 0.400. The van der Waals surface area contributed by atoms with E-state index in [0.29, 0.717) is 5.92 Å². The average molecular weight is 402 g/mol. The molecule has 1 heteroatoms. The third-order valence-electron chi connectivity index (χ3n) is 8.54. The van der Waals surface area contributed by atoms with Gasteiger partial charge in [0.25, 0.3) is 0 Å². The van der Waals surface area contributed by atoms with E-state index in [1.165, 1.54) is 56.8 Å². The van der Waals surface area contributed by atoms with Crippen LogP contribution in [0.2, 0.25) is 0 Å². The Bertz CT molecular complexity index is 1130. The highest BCUT2D eigenvalue weighted by molar-refractivity contribution is 6.10. The van der Waals surface area contributed by atoms with Crippen LogP contribution in [0, 0.1) is 12.8 Å². The molecule has 1 aliphatic carbocycles. The van der Waals surface area contributed by atoms with Gasteiger partial charge in [-0.1, -0.05) is 80.0 Å². The van der Waals surface area contributed by atoms with Crippen LogP contribution in [0.4, 0.5) is 0 Å². The van der Waals surface area contributed by atoms with E-state index in [2.05, 4.69) is 92.8 Å². The number of rotatable bonds is 4. The molecule has 0 saturated carbocycles. The van der Waals surface area contributed by atoms with Crippen molar-refractivity contribution >= 4 is 21.7 Å². The van der Waals surface area contributed by atoms with Crippen molar-refractivity contribution in [3.05, 3.63) is 52.7 Å². The van der Waals surface area contributed by atoms with Crippen LogP contribution in [0.5, 0.6) is 0 Å². The highest BCUT2D eigenvalue weighted by Gasteiger charge is 2.43. The SMILES string of the molecule is CCC(C)C(C)(CC)c1cccc2c(C)cc3c4c(cnc3c12)C(C)(C)CC4(C)C. The molecule has 0 bridgehead atoms. The summed E-state index contributed by atoms with van der Waals surface area (Å²) in [5, 5.41) is 4.13. The van der Waals surface area contributed by atoms with E-state index in [4.69, 9.17) is 4.98 Å². The fourth-order valence-electron chi connectivity index (χ4n) is 6.56. The Morgan fingerprint density at radius 3 is 2.40 bits per heavy atom. The minimum absolute atomic E-state index is 0.143. The molecule has 1 nitrogen and oxygen atoms in total. The molecule has 1 aromatic heterocycles. The Morgan fingerprint density at radius 1 is 1.07 bits per heavy atom. The molecule has 2 atom stereocenters. The first-order valence-electron chi connectivity index (χ1n) is 11.8. The van der Waals surface area contributed by atoms with E-state index in [0.717, 1.165) is 6.42 Å². The zero-order valence-corrected chi connectivity index (χ0v) is 20.5. The van der Waals surface area contributed by atoms with Crippen molar-refractivity contribution in [2.45, 2.75) is 97.8 Å². The number of hydrogen-bond acceptors (Lipinski definition) is 1. The summed E-state index contributed by atoms with van der Waals surface area (Å²) in [5.41, 5.74) is 7.52. The molecule has 1 aliphatic rings. The van der Waals surface area contributed by atoms with Crippen molar-refractivity contribution in [2.75, 3.05) is 0 Å². The highest BCUT2D eigenvalue weighted by atomic mass is 14.7. The number of aromatic nitrogens is 1. The molecule has 4 rings (SSSR count). The number of benzene rings is 2. The fourth-order valence-corrected chi connectivity index (χ4v) is 6.56. The summed E-state index contributed by atoms with van der Waals surface area (Å²) in [7, 11) is 0. The van der Waals surface area contributed by atoms with Crippen molar-refractivity contribution in [3.8, 4) is 0 Å². The molecule has 0 aliphatic heterocycles. The van der Waals surface area contributed by atoms with Gasteiger partial charge in [-0.25, -0.2) is 0 Å². The molecule has 3 aromatic rings. The second-order valence-corrected chi connectivity index (χ2v) is 11.4. The van der Waals surface area contributed by atoms with Crippen molar-refractivity contribution in [1.82, 2.24) is 4.98 Å². The Kier molecular flexibility index (Phi) is 4.84. The maximum absolute atomic E-state index is 5.18. The second kappa shape index (κ2) is 6.81. The summed E-state index contributed by atoms with van der Waals surface area (Å²) >= 11 is 0. The van der Waals surface area contributed by atoms with Gasteiger partial charge in [0.1, 0.15) is 0 Å². The van der Waals surface area contributed by atoms with Crippen LogP contribution in [0.15, 0.2) is 30.5 Å². The van der Waals surface area contributed by atoms with Crippen LogP contribution in [0.25, 0.3) is 21.7 Å². The highest BCUT2D eigenvalue weighted by Crippen LogP contribution is 2.52. The van der Waals surface area contributed by atoms with Crippen LogP contribution in [-0.2, 0) is 16.2 Å². The number of pyridine rings is 1. The minimum Gasteiger partial charge on any atom is -0.255 e. The van der Waals surface area contributed by atoms with Crippen molar-refractivity contribution in [3.63, 3.8) is 0 Å². The number of nitrogens with zero attached hydrogens (tertiary/aromatic N) is 1. The van der Waals surface area contributed by atoms with Gasteiger partial charge < -0.3 is 0 Å². The molecule has 0 amide bonds. The summed E-state index contributed by atoms with van der Waals surface area (Å²) in [6, 6.07) is 9.35. The van der Waals surface area contributed by atoms with Gasteiger partial charge in [0.05, 0.1) is 5.52 Å². The van der Waals surface area contributed by atoms with Gasteiger partial charge in [-0.3, -0.25) is 4.98 Å². The van der Waals surface area contributed by atoms with E-state index in [-0.39, 0.29) is 16.2 Å². The normalized spacial score (nSPS) is 20.3. The number of hydrogen-bond donors (Lipinski definition) is 0. The average Bonchev–Trinajstić information content (AvgIpc) is 2.90. The molecule has 0 spiro atoms. The first-order chi connectivity index (χ1) is 14.0. The summed E-state index contributed by atoms with van der Waals surface area (Å²) in [5.74, 6) is 0.619. The standard InChI is InChI=1S/C29H39N/c1-10-19(4)29(9,11-2)22-14-12-13-20-18(3)15-21-25-23(16-30-26(21)24(20)22)27(5,6)17-28(25,7)8/h12-16,19H,10-11,17H2,1-9H3. The van der Waals surface area contributed by atoms with Gasteiger partial charge in [-0.05, 0) is 75.6 Å². The minimum atomic E-state index is 0.143. The van der Waals surface area contributed by atoms with E-state index < -0.39 is 0 Å². The number of fused-ring (bicyclic) bond motifs is 5. The lowest BCUT2D eigenvalue weighted by Crippen LogP contribution is -2.29. The molecule has 0 saturated heterocycles. The topological polar surface area (TPSA) is 12.9 Å². The van der Waals surface area contributed by atoms with Crippen molar-refractivity contribution < 1.29 is 0 Å². The fraction of sp³-hybridized carbons (Fsp3) is 0.552. The largest absolute Gasteiger partial charge is 0.255 e. The zero-order chi connectivity index (χ0) is 22.1. The maximum atomic E-state index is 5.18. The summed E-state index contributed by atoms with van der Waals surface area (Å²) in [6.45, 7) is 21.4. The predicted molar refractivity (Wildman–Crippen MR) is 132 cm³/mol. The molecule has 30 heavy (non-hydrogen) atoms. The zero-order valence-electron chi connectivity index (χ0n) is 20.5. The molecule has 0 radical (unpaired) electrons. The van der Waals surface area contributed by atoms with E-state index in [1.54, 1.807) is 0 Å². The van der Waals surface area contributed by atoms with Crippen LogP contribution < -0.4 is 0 Å². The first kappa shape index (κ1) is 21.3. The summed E-state index contributed by atoms with van der Waals surface area (Å²) in [6.07, 6.45) is 5.70. The third kappa shape index (κ3) is 2.84. The van der Waals surface area contributed by atoms with Crippen LogP contribution in [0.3, 0.4) is 0 Å². The smallest absolute Gasteiger partial charge is 0.0786 e. The Hall–Kier alpha value is -1.89. The maximum Gasteiger partial charge on any atom is 0.0786 e. The van der Waals surface area contributed by atoms with Crippen molar-refractivity contribution in [1.29, 1.82) is 0 Å². The Labute approximate surface area is 183 Å². The van der Waals surface area contributed by atoms with Gasteiger partial charge in [0.2, 0.25) is 0 Å². The molecule has 1 heterocycles. The van der Waals surface area contributed by atoms with Gasteiger partial charge in [-0.15, -0.1) is 0 Å². The lowest BCUT2D eigenvalue weighted by Gasteiger charge is -2.36. The van der Waals surface area contributed by atoms with Crippen molar-refractivity contribution in [2.24, 2.45) is 5.92 Å². The molecule has 2 unspecified atom stereocenters. The second-order valence-electron chi connectivity index (χ2n) is 11.4. The monoisotopic (exact) mass is 401 g/mol. The molecular weight excluding hydrogens is 362 g/mol. The summed E-state index contributed by atoms with van der Waals surface area (Å²) in [4.78, 5) is 5.18. The summed E-state index contributed by atoms with van der Waals surface area (Å²) < 4.78 is 0. The lowest BCUT2D eigenvalue weighted by molar-refractivity contribution is 0.298. The van der Waals surface area contributed by atoms with Gasteiger partial charge >= 0.3 is 0 Å². The van der Waals surface area contributed by atoms with Crippen LogP contribution in [-0.4, -0.2) is 4.98 Å². The van der Waals surface area contributed by atoms with Gasteiger partial charge in [0.15, 0.2) is 0 Å². The molecule has 0 N–H and O–H groups in total. The van der Waals surface area contributed by atoms with Crippen LogP contribution in [0.1, 0.15) is 96.9 Å². The predicted octanol–water partition coefficient (Wildman–Crippen LogP) is 8.37. The van der Waals surface area contributed by atoms with Crippen LogP contribution >= 0.6 is 0 Å². The molecule has 2 aromatic carbocycles.